The second-order valence-electron chi connectivity index (χ2n) is 6.68. The van der Waals surface area contributed by atoms with E-state index in [0.29, 0.717) is 19.4 Å². The van der Waals surface area contributed by atoms with Crippen LogP contribution in [0.3, 0.4) is 0 Å². The molecule has 0 heterocycles. The van der Waals surface area contributed by atoms with Crippen LogP contribution in [0.5, 0.6) is 0 Å². The summed E-state index contributed by atoms with van der Waals surface area (Å²) in [6, 6.07) is 26.8. The van der Waals surface area contributed by atoms with Gasteiger partial charge in [0.05, 0.1) is 5.56 Å². The molecule has 0 aliphatic rings. The zero-order valence-corrected chi connectivity index (χ0v) is 16.8. The number of hydrogen-bond acceptors (Lipinski definition) is 2. The first-order chi connectivity index (χ1) is 13.6. The van der Waals surface area contributed by atoms with Crippen LogP contribution >= 0.6 is 12.4 Å². The van der Waals surface area contributed by atoms with Crippen molar-refractivity contribution in [1.82, 2.24) is 5.32 Å². The molecule has 5 heteroatoms. The lowest BCUT2D eigenvalue weighted by Crippen LogP contribution is -2.27. The zero-order valence-electron chi connectivity index (χ0n) is 16.0. The zero-order chi connectivity index (χ0) is 19.8. The summed E-state index contributed by atoms with van der Waals surface area (Å²) in [7, 11) is 0. The Balaban J connectivity index is 0.00000300. The highest BCUT2D eigenvalue weighted by Crippen LogP contribution is 2.27. The number of nitrogens with one attached hydrogen (secondary N) is 1. The highest BCUT2D eigenvalue weighted by atomic mass is 35.5. The maximum atomic E-state index is 12.5. The van der Waals surface area contributed by atoms with Crippen molar-refractivity contribution in [3.63, 3.8) is 0 Å². The highest BCUT2D eigenvalue weighted by Gasteiger charge is 2.17. The van der Waals surface area contributed by atoms with E-state index in [2.05, 4.69) is 29.6 Å². The van der Waals surface area contributed by atoms with Gasteiger partial charge < -0.3 is 10.4 Å². The van der Waals surface area contributed by atoms with Gasteiger partial charge in [-0.2, -0.15) is 0 Å². The summed E-state index contributed by atoms with van der Waals surface area (Å²) in [5, 5.41) is 11.9. The molecule has 3 aromatic rings. The monoisotopic (exact) mass is 409 g/mol. The third kappa shape index (κ3) is 6.47. The first kappa shape index (κ1) is 22.2. The Morgan fingerprint density at radius 1 is 0.793 bits per heavy atom. The fourth-order valence-corrected chi connectivity index (χ4v) is 3.22. The number of halogens is 1. The van der Waals surface area contributed by atoms with Crippen molar-refractivity contribution in [2.24, 2.45) is 0 Å². The second kappa shape index (κ2) is 11.0. The largest absolute Gasteiger partial charge is 0.478 e. The minimum atomic E-state index is -0.937. The van der Waals surface area contributed by atoms with Crippen LogP contribution in [0.2, 0.25) is 0 Å². The predicted octanol–water partition coefficient (Wildman–Crippen LogP) is 4.69. The van der Waals surface area contributed by atoms with E-state index >= 15 is 0 Å². The summed E-state index contributed by atoms with van der Waals surface area (Å²) in [5.41, 5.74) is 3.50. The van der Waals surface area contributed by atoms with Crippen molar-refractivity contribution >= 4 is 24.3 Å². The minimum absolute atomic E-state index is 0. The molecule has 2 N–H and O–H groups in total. The molecule has 0 radical (unpaired) electrons. The number of carboxylic acid groups (broad SMARTS) is 1. The fourth-order valence-electron chi connectivity index (χ4n) is 3.22. The molecule has 0 fully saturated rings. The molecule has 1 amide bonds. The van der Waals surface area contributed by atoms with E-state index < -0.39 is 5.97 Å². The van der Waals surface area contributed by atoms with E-state index in [0.717, 1.165) is 16.7 Å². The summed E-state index contributed by atoms with van der Waals surface area (Å²) in [6.07, 6.45) is 1.04. The lowest BCUT2D eigenvalue weighted by Gasteiger charge is -2.18. The van der Waals surface area contributed by atoms with E-state index in [9.17, 15) is 9.59 Å². The normalized spacial score (nSPS) is 10.2. The molecular weight excluding hydrogens is 386 g/mol. The Kier molecular flexibility index (Phi) is 8.44. The van der Waals surface area contributed by atoms with Gasteiger partial charge in [0.25, 0.3) is 0 Å². The number of aromatic carboxylic acids is 1. The molecule has 0 saturated heterocycles. The Labute approximate surface area is 177 Å². The smallest absolute Gasteiger partial charge is 0.335 e. The molecule has 29 heavy (non-hydrogen) atoms. The minimum Gasteiger partial charge on any atom is -0.478 e. The van der Waals surface area contributed by atoms with Crippen LogP contribution in [0.4, 0.5) is 0 Å². The maximum Gasteiger partial charge on any atom is 0.335 e. The summed E-state index contributed by atoms with van der Waals surface area (Å²) < 4.78 is 0. The lowest BCUT2D eigenvalue weighted by atomic mass is 9.88. The lowest BCUT2D eigenvalue weighted by molar-refractivity contribution is -0.121. The number of hydrogen-bond donors (Lipinski definition) is 2. The molecule has 0 aliphatic carbocycles. The van der Waals surface area contributed by atoms with Gasteiger partial charge >= 0.3 is 5.97 Å². The van der Waals surface area contributed by atoms with Gasteiger partial charge in [-0.3, -0.25) is 4.79 Å². The highest BCUT2D eigenvalue weighted by molar-refractivity contribution is 5.87. The van der Waals surface area contributed by atoms with Crippen molar-refractivity contribution in [2.45, 2.75) is 18.8 Å². The van der Waals surface area contributed by atoms with Gasteiger partial charge in [0.2, 0.25) is 5.91 Å². The predicted molar refractivity (Wildman–Crippen MR) is 117 cm³/mol. The third-order valence-electron chi connectivity index (χ3n) is 4.73. The maximum absolute atomic E-state index is 12.5. The first-order valence-corrected chi connectivity index (χ1v) is 9.32. The average molecular weight is 410 g/mol. The van der Waals surface area contributed by atoms with Crippen molar-refractivity contribution in [3.8, 4) is 0 Å². The molecule has 0 aliphatic heterocycles. The quantitative estimate of drug-likeness (QED) is 0.567. The van der Waals surface area contributed by atoms with E-state index in [4.69, 9.17) is 5.11 Å². The number of carboxylic acids is 1. The summed E-state index contributed by atoms with van der Waals surface area (Å²) in [5.74, 6) is -0.926. The van der Waals surface area contributed by atoms with E-state index in [1.807, 2.05) is 36.4 Å². The molecule has 0 bridgehead atoms. The summed E-state index contributed by atoms with van der Waals surface area (Å²) >= 11 is 0. The Morgan fingerprint density at radius 3 is 1.79 bits per heavy atom. The Bertz CT molecular complexity index is 872. The summed E-state index contributed by atoms with van der Waals surface area (Å²) in [4.78, 5) is 23.4. The number of carbonyl (C=O) groups excluding carboxylic acids is 1. The van der Waals surface area contributed by atoms with E-state index in [1.54, 1.807) is 24.3 Å². The molecule has 150 valence electrons. The number of amides is 1. The fraction of sp³-hybridized carbons (Fsp3) is 0.167. The van der Waals surface area contributed by atoms with Gasteiger partial charge in [-0.15, -0.1) is 12.4 Å². The topological polar surface area (TPSA) is 66.4 Å². The first-order valence-electron chi connectivity index (χ1n) is 9.32. The number of benzene rings is 3. The van der Waals surface area contributed by atoms with E-state index in [1.165, 1.54) is 0 Å². The molecule has 0 unspecified atom stereocenters. The van der Waals surface area contributed by atoms with Crippen LogP contribution in [-0.4, -0.2) is 23.5 Å². The number of rotatable bonds is 8. The molecular formula is C24H24ClNO3. The van der Waals surface area contributed by atoms with Crippen molar-refractivity contribution < 1.29 is 14.7 Å². The molecule has 0 atom stereocenters. The van der Waals surface area contributed by atoms with Gasteiger partial charge in [0.15, 0.2) is 0 Å². The average Bonchev–Trinajstić information content (AvgIpc) is 2.73. The van der Waals surface area contributed by atoms with Gasteiger partial charge in [0, 0.05) is 18.9 Å². The van der Waals surface area contributed by atoms with Gasteiger partial charge in [-0.05, 0) is 35.2 Å². The van der Waals surface area contributed by atoms with Gasteiger partial charge in [-0.1, -0.05) is 72.8 Å². The van der Waals surface area contributed by atoms with Crippen molar-refractivity contribution in [3.05, 3.63) is 107 Å². The Morgan fingerprint density at radius 2 is 1.31 bits per heavy atom. The molecule has 3 rings (SSSR count). The van der Waals surface area contributed by atoms with E-state index in [-0.39, 0.29) is 29.8 Å². The summed E-state index contributed by atoms with van der Waals surface area (Å²) in [6.45, 7) is 0.515. The molecule has 0 saturated carbocycles. The van der Waals surface area contributed by atoms with Gasteiger partial charge in [0.1, 0.15) is 0 Å². The van der Waals surface area contributed by atoms with Crippen LogP contribution in [0, 0.1) is 0 Å². The van der Waals surface area contributed by atoms with Crippen LogP contribution in [0.1, 0.15) is 39.4 Å². The van der Waals surface area contributed by atoms with Crippen LogP contribution in [0.25, 0.3) is 0 Å². The number of carbonyl (C=O) groups is 2. The SMILES string of the molecule is Cl.O=C(CC(c1ccccc1)c1ccccc1)NCCc1ccc(C(=O)O)cc1. The van der Waals surface area contributed by atoms with Crippen LogP contribution in [0.15, 0.2) is 84.9 Å². The van der Waals surface area contributed by atoms with Crippen LogP contribution in [-0.2, 0) is 11.2 Å². The Hall–Kier alpha value is -3.11. The standard InChI is InChI=1S/C24H23NO3.ClH/c26-23(25-16-15-18-11-13-21(14-12-18)24(27)28)17-22(19-7-3-1-4-8-19)20-9-5-2-6-10-20;/h1-14,22H,15-17H2,(H,25,26)(H,27,28);1H. The molecule has 0 spiro atoms. The van der Waals surface area contributed by atoms with Crippen LogP contribution < -0.4 is 5.32 Å². The third-order valence-corrected chi connectivity index (χ3v) is 4.73. The van der Waals surface area contributed by atoms with Crippen molar-refractivity contribution in [1.29, 1.82) is 0 Å². The molecule has 4 nitrogen and oxygen atoms in total. The molecule has 3 aromatic carbocycles. The molecule has 0 aromatic heterocycles. The second-order valence-corrected chi connectivity index (χ2v) is 6.68. The van der Waals surface area contributed by atoms with Gasteiger partial charge in [-0.25, -0.2) is 4.79 Å². The van der Waals surface area contributed by atoms with Crippen molar-refractivity contribution in [2.75, 3.05) is 6.54 Å².